The van der Waals surface area contributed by atoms with E-state index in [1.54, 1.807) is 20.4 Å². The first-order valence-electron chi connectivity index (χ1n) is 9.21. The number of carbonyl (C=O) groups excluding carboxylic acids is 2. The maximum atomic E-state index is 13.0. The molecule has 8 nitrogen and oxygen atoms in total. The van der Waals surface area contributed by atoms with Gasteiger partial charge < -0.3 is 24.7 Å². The van der Waals surface area contributed by atoms with Crippen molar-refractivity contribution in [2.75, 3.05) is 27.4 Å². The molecule has 3 rings (SSSR count). The van der Waals surface area contributed by atoms with Crippen molar-refractivity contribution in [3.63, 3.8) is 0 Å². The molecule has 2 N–H and O–H groups in total. The summed E-state index contributed by atoms with van der Waals surface area (Å²) in [5.41, 5.74) is 2.87. The Kier molecular flexibility index (Phi) is 6.11. The van der Waals surface area contributed by atoms with Gasteiger partial charge in [0.2, 0.25) is 5.91 Å². The van der Waals surface area contributed by atoms with E-state index < -0.39 is 5.92 Å². The van der Waals surface area contributed by atoms with Gasteiger partial charge in [-0.05, 0) is 32.1 Å². The van der Waals surface area contributed by atoms with Crippen LogP contribution in [0.5, 0.6) is 0 Å². The molecule has 0 aliphatic carbocycles. The maximum absolute atomic E-state index is 13.0. The van der Waals surface area contributed by atoms with Gasteiger partial charge in [-0.25, -0.2) is 4.98 Å². The molecule has 2 aromatic rings. The van der Waals surface area contributed by atoms with Crippen molar-refractivity contribution in [2.24, 2.45) is 5.92 Å². The highest BCUT2D eigenvalue weighted by molar-refractivity contribution is 6.07. The molecule has 1 aliphatic rings. The summed E-state index contributed by atoms with van der Waals surface area (Å²) in [5, 5.41) is 6.47. The predicted molar refractivity (Wildman–Crippen MR) is 105 cm³/mol. The fourth-order valence-electron chi connectivity index (χ4n) is 3.61. The summed E-state index contributed by atoms with van der Waals surface area (Å²) in [6.45, 7) is 5.00. The molecule has 0 radical (unpaired) electrons. The van der Waals surface area contributed by atoms with Crippen molar-refractivity contribution in [1.82, 2.24) is 20.2 Å². The summed E-state index contributed by atoms with van der Waals surface area (Å²) in [6.07, 6.45) is 3.18. The minimum Gasteiger partial charge on any atom is -0.383 e. The van der Waals surface area contributed by atoms with Gasteiger partial charge in [0, 0.05) is 50.3 Å². The molecule has 0 aromatic carbocycles. The van der Waals surface area contributed by atoms with E-state index in [2.05, 4.69) is 15.6 Å². The van der Waals surface area contributed by atoms with Gasteiger partial charge in [-0.3, -0.25) is 9.59 Å². The van der Waals surface area contributed by atoms with Crippen LogP contribution in [-0.4, -0.2) is 54.8 Å². The van der Waals surface area contributed by atoms with Crippen molar-refractivity contribution in [3.05, 3.63) is 41.4 Å². The Bertz CT molecular complexity index is 918. The number of amides is 2. The van der Waals surface area contributed by atoms with Crippen LogP contribution in [-0.2, 0) is 20.8 Å². The Hall–Kier alpha value is -2.71. The Labute approximate surface area is 163 Å². The fraction of sp³-hybridized carbons (Fsp3) is 0.450. The monoisotopic (exact) mass is 386 g/mol. The van der Waals surface area contributed by atoms with E-state index in [0.29, 0.717) is 18.7 Å². The van der Waals surface area contributed by atoms with Gasteiger partial charge in [0.15, 0.2) is 0 Å². The van der Waals surface area contributed by atoms with Crippen molar-refractivity contribution in [1.29, 1.82) is 0 Å². The normalized spacial score (nSPS) is 19.4. The highest BCUT2D eigenvalue weighted by Crippen LogP contribution is 2.24. The lowest BCUT2D eigenvalue weighted by Crippen LogP contribution is -2.47. The lowest BCUT2D eigenvalue weighted by molar-refractivity contribution is -0.128. The van der Waals surface area contributed by atoms with Crippen molar-refractivity contribution >= 4 is 22.8 Å². The molecular weight excluding hydrogens is 360 g/mol. The van der Waals surface area contributed by atoms with Crippen LogP contribution in [0.2, 0.25) is 0 Å². The van der Waals surface area contributed by atoms with Gasteiger partial charge in [0.05, 0.1) is 24.2 Å². The van der Waals surface area contributed by atoms with Crippen LogP contribution in [0.4, 0.5) is 0 Å². The molecule has 0 fully saturated rings. The molecule has 150 valence electrons. The summed E-state index contributed by atoms with van der Waals surface area (Å²) < 4.78 is 12.6. The molecule has 28 heavy (non-hydrogen) atoms. The third-order valence-corrected chi connectivity index (χ3v) is 5.05. The molecule has 0 spiro atoms. The Balaban J connectivity index is 1.84. The Morgan fingerprint density at radius 1 is 1.36 bits per heavy atom. The second kappa shape index (κ2) is 8.53. The molecule has 0 saturated carbocycles. The van der Waals surface area contributed by atoms with Gasteiger partial charge in [0.1, 0.15) is 5.65 Å². The second-order valence-corrected chi connectivity index (χ2v) is 6.84. The van der Waals surface area contributed by atoms with E-state index in [1.807, 2.05) is 36.6 Å². The molecular formula is C20H26N4O4. The molecule has 0 saturated heterocycles. The van der Waals surface area contributed by atoms with E-state index in [9.17, 15) is 9.59 Å². The van der Waals surface area contributed by atoms with E-state index >= 15 is 0 Å². The summed E-state index contributed by atoms with van der Waals surface area (Å²) >= 11 is 0. The topological polar surface area (TPSA) is 94.5 Å². The third kappa shape index (κ3) is 3.79. The molecule has 8 heteroatoms. The largest absolute Gasteiger partial charge is 0.383 e. The first-order valence-corrected chi connectivity index (χ1v) is 9.21. The van der Waals surface area contributed by atoms with Crippen molar-refractivity contribution < 1.29 is 19.1 Å². The zero-order valence-corrected chi connectivity index (χ0v) is 16.6. The zero-order chi connectivity index (χ0) is 20.3. The Morgan fingerprint density at radius 2 is 2.14 bits per heavy atom. The third-order valence-electron chi connectivity index (χ3n) is 5.05. The van der Waals surface area contributed by atoms with Gasteiger partial charge in [0.25, 0.3) is 5.91 Å². The first kappa shape index (κ1) is 20.0. The molecule has 2 amide bonds. The van der Waals surface area contributed by atoms with Gasteiger partial charge in [-0.15, -0.1) is 0 Å². The van der Waals surface area contributed by atoms with Gasteiger partial charge in [-0.2, -0.15) is 0 Å². The smallest absolute Gasteiger partial charge is 0.253 e. The summed E-state index contributed by atoms with van der Waals surface area (Å²) in [5.74, 6) is -0.883. The van der Waals surface area contributed by atoms with E-state index in [-0.39, 0.29) is 24.5 Å². The number of fused-ring (bicyclic) bond motifs is 1. The molecule has 2 atom stereocenters. The number of hydrogen-bond acceptors (Lipinski definition) is 5. The summed E-state index contributed by atoms with van der Waals surface area (Å²) in [4.78, 5) is 29.7. The van der Waals surface area contributed by atoms with Crippen LogP contribution >= 0.6 is 0 Å². The summed E-state index contributed by atoms with van der Waals surface area (Å²) in [6, 6.07) is 3.69. The number of rotatable bonds is 7. The van der Waals surface area contributed by atoms with Crippen LogP contribution < -0.4 is 10.6 Å². The highest BCUT2D eigenvalue weighted by atomic mass is 16.5. The van der Waals surface area contributed by atoms with Crippen molar-refractivity contribution in [3.8, 4) is 0 Å². The quantitative estimate of drug-likeness (QED) is 0.750. The Morgan fingerprint density at radius 3 is 2.86 bits per heavy atom. The molecule has 2 unspecified atom stereocenters. The standard InChI is InChI=1S/C20H26N4O4/c1-12-10-16(28-4)15(19(25)23-12)11-22-20(26)17-13(2)24(8-9-27-3)18-14(17)6-5-7-21-18/h5-7,10,15-16H,8-9,11H2,1-4H3,(H,22,26)(H,23,25). The van der Waals surface area contributed by atoms with E-state index in [1.165, 1.54) is 0 Å². The first-order chi connectivity index (χ1) is 13.5. The van der Waals surface area contributed by atoms with Crippen LogP contribution in [0.25, 0.3) is 11.0 Å². The highest BCUT2D eigenvalue weighted by Gasteiger charge is 2.32. The SMILES string of the molecule is COCCn1c(C)c(C(=O)NCC2C(=O)NC(C)=CC2OC)c2cccnc21. The van der Waals surface area contributed by atoms with Crippen LogP contribution in [0.15, 0.2) is 30.1 Å². The number of pyridine rings is 1. The predicted octanol–water partition coefficient (Wildman–Crippen LogP) is 1.39. The van der Waals surface area contributed by atoms with Gasteiger partial charge >= 0.3 is 0 Å². The van der Waals surface area contributed by atoms with Crippen molar-refractivity contribution in [2.45, 2.75) is 26.5 Å². The maximum Gasteiger partial charge on any atom is 0.253 e. The molecule has 0 bridgehead atoms. The fourth-order valence-corrected chi connectivity index (χ4v) is 3.61. The number of ether oxygens (including phenoxy) is 2. The number of nitrogens with zero attached hydrogens (tertiary/aromatic N) is 2. The van der Waals surface area contributed by atoms with Crippen LogP contribution in [0.1, 0.15) is 23.0 Å². The number of hydrogen-bond donors (Lipinski definition) is 2. The summed E-state index contributed by atoms with van der Waals surface area (Å²) in [7, 11) is 3.20. The van der Waals surface area contributed by atoms with Gasteiger partial charge in [-0.1, -0.05) is 0 Å². The number of methoxy groups -OCH3 is 2. The lowest BCUT2D eigenvalue weighted by atomic mass is 9.96. The number of aromatic nitrogens is 2. The zero-order valence-electron chi connectivity index (χ0n) is 16.6. The second-order valence-electron chi connectivity index (χ2n) is 6.84. The molecule has 2 aromatic heterocycles. The van der Waals surface area contributed by atoms with E-state index in [4.69, 9.17) is 9.47 Å². The van der Waals surface area contributed by atoms with E-state index in [0.717, 1.165) is 22.4 Å². The average Bonchev–Trinajstić information content (AvgIpc) is 2.96. The van der Waals surface area contributed by atoms with Crippen LogP contribution in [0.3, 0.4) is 0 Å². The molecule has 1 aliphatic heterocycles. The minimum atomic E-state index is -0.488. The lowest BCUT2D eigenvalue weighted by Gasteiger charge is -2.28. The molecule has 3 heterocycles. The number of carbonyl (C=O) groups is 2. The van der Waals surface area contributed by atoms with Crippen LogP contribution in [0, 0.1) is 12.8 Å². The number of allylic oxidation sites excluding steroid dienone is 1. The average molecular weight is 386 g/mol. The minimum absolute atomic E-state index is 0.159. The number of nitrogens with one attached hydrogen (secondary N) is 2.